The number of nitrogens with zero attached hydrogens (tertiary/aromatic N) is 4. The maximum atomic E-state index is 9.02. The number of rotatable bonds is 5. The monoisotopic (exact) mass is 328 g/mol. The number of hydrogen-bond donors (Lipinski definition) is 0. The summed E-state index contributed by atoms with van der Waals surface area (Å²) in [6, 6.07) is 19.0. The SMILES string of the molecule is Cc1cn(OCc2ccc(C#N)cc2)c(Cc2cccc(C#N)c2)n1. The summed E-state index contributed by atoms with van der Waals surface area (Å²) in [4.78, 5) is 10.4. The molecule has 25 heavy (non-hydrogen) atoms. The van der Waals surface area contributed by atoms with Crippen molar-refractivity contribution >= 4 is 0 Å². The molecular formula is C20H16N4O. The number of hydrogen-bond acceptors (Lipinski definition) is 4. The predicted molar refractivity (Wildman–Crippen MR) is 92.4 cm³/mol. The van der Waals surface area contributed by atoms with Crippen LogP contribution >= 0.6 is 0 Å². The summed E-state index contributed by atoms with van der Waals surface area (Å²) in [5.41, 5.74) is 4.10. The van der Waals surface area contributed by atoms with Gasteiger partial charge in [0.05, 0.1) is 35.2 Å². The van der Waals surface area contributed by atoms with E-state index in [2.05, 4.69) is 17.1 Å². The second kappa shape index (κ2) is 7.33. The van der Waals surface area contributed by atoms with Gasteiger partial charge in [-0.25, -0.2) is 4.98 Å². The third kappa shape index (κ3) is 4.04. The first-order chi connectivity index (χ1) is 12.2. The largest absolute Gasteiger partial charge is 0.408 e. The van der Waals surface area contributed by atoms with E-state index in [1.165, 1.54) is 0 Å². The zero-order valence-corrected chi connectivity index (χ0v) is 13.8. The van der Waals surface area contributed by atoms with Gasteiger partial charge in [-0.05, 0) is 42.3 Å². The van der Waals surface area contributed by atoms with Gasteiger partial charge in [-0.2, -0.15) is 15.3 Å². The van der Waals surface area contributed by atoms with Gasteiger partial charge in [0.1, 0.15) is 12.4 Å². The summed E-state index contributed by atoms with van der Waals surface area (Å²) in [6.45, 7) is 2.30. The maximum Gasteiger partial charge on any atom is 0.149 e. The van der Waals surface area contributed by atoms with E-state index in [0.29, 0.717) is 24.2 Å². The van der Waals surface area contributed by atoms with Crippen LogP contribution < -0.4 is 4.84 Å². The lowest BCUT2D eigenvalue weighted by Crippen LogP contribution is -2.14. The van der Waals surface area contributed by atoms with Gasteiger partial charge in [-0.3, -0.25) is 0 Å². The standard InChI is InChI=1S/C20H16N4O/c1-15-13-24(25-14-17-7-5-16(11-21)6-8-17)20(23-15)10-18-3-2-4-19(9-18)12-22/h2-9,13H,10,14H2,1H3. The molecule has 0 N–H and O–H groups in total. The molecule has 0 aliphatic rings. The lowest BCUT2D eigenvalue weighted by molar-refractivity contribution is 0.0909. The van der Waals surface area contributed by atoms with Crippen LogP contribution in [0.2, 0.25) is 0 Å². The Morgan fingerprint density at radius 1 is 1.00 bits per heavy atom. The van der Waals surface area contributed by atoms with Crippen LogP contribution in [0.25, 0.3) is 0 Å². The van der Waals surface area contributed by atoms with Crippen LogP contribution in [0.15, 0.2) is 54.7 Å². The van der Waals surface area contributed by atoms with Crippen molar-refractivity contribution in [2.75, 3.05) is 0 Å². The molecule has 0 aliphatic heterocycles. The lowest BCUT2D eigenvalue weighted by Gasteiger charge is -2.10. The van der Waals surface area contributed by atoms with Gasteiger partial charge in [0.15, 0.2) is 0 Å². The molecule has 0 saturated heterocycles. The van der Waals surface area contributed by atoms with E-state index in [-0.39, 0.29) is 0 Å². The molecule has 0 saturated carbocycles. The summed E-state index contributed by atoms with van der Waals surface area (Å²) >= 11 is 0. The summed E-state index contributed by atoms with van der Waals surface area (Å²) < 4.78 is 1.67. The smallest absolute Gasteiger partial charge is 0.149 e. The number of aromatic nitrogens is 2. The van der Waals surface area contributed by atoms with Gasteiger partial charge in [0.2, 0.25) is 0 Å². The fraction of sp³-hybridized carbons (Fsp3) is 0.150. The van der Waals surface area contributed by atoms with E-state index >= 15 is 0 Å². The first-order valence-corrected chi connectivity index (χ1v) is 7.84. The van der Waals surface area contributed by atoms with Crippen LogP contribution in [0, 0.1) is 29.6 Å². The van der Waals surface area contributed by atoms with E-state index in [1.807, 2.05) is 43.5 Å². The van der Waals surface area contributed by atoms with Gasteiger partial charge in [0.25, 0.3) is 0 Å². The zero-order chi connectivity index (χ0) is 17.6. The second-order valence-corrected chi connectivity index (χ2v) is 5.70. The summed E-state index contributed by atoms with van der Waals surface area (Å²) in [7, 11) is 0. The highest BCUT2D eigenvalue weighted by Crippen LogP contribution is 2.12. The molecule has 0 aliphatic carbocycles. The highest BCUT2D eigenvalue weighted by Gasteiger charge is 2.09. The molecule has 1 heterocycles. The quantitative estimate of drug-likeness (QED) is 0.721. The van der Waals surface area contributed by atoms with Crippen molar-refractivity contribution < 1.29 is 4.84 Å². The van der Waals surface area contributed by atoms with Crippen LogP contribution in [0.3, 0.4) is 0 Å². The lowest BCUT2D eigenvalue weighted by atomic mass is 10.1. The van der Waals surface area contributed by atoms with Gasteiger partial charge in [-0.15, -0.1) is 0 Å². The van der Waals surface area contributed by atoms with E-state index in [9.17, 15) is 0 Å². The number of benzene rings is 2. The predicted octanol–water partition coefficient (Wildman–Crippen LogP) is 3.15. The number of imidazole rings is 1. The third-order valence-corrected chi connectivity index (χ3v) is 3.74. The van der Waals surface area contributed by atoms with Crippen LogP contribution in [-0.2, 0) is 13.0 Å². The Balaban J connectivity index is 1.74. The zero-order valence-electron chi connectivity index (χ0n) is 13.8. The molecule has 0 unspecified atom stereocenters. The van der Waals surface area contributed by atoms with Gasteiger partial charge < -0.3 is 4.84 Å². The van der Waals surface area contributed by atoms with E-state index in [0.717, 1.165) is 22.6 Å². The Labute approximate surface area is 146 Å². The normalized spacial score (nSPS) is 10.0. The highest BCUT2D eigenvalue weighted by molar-refractivity contribution is 5.34. The average Bonchev–Trinajstić information content (AvgIpc) is 2.99. The van der Waals surface area contributed by atoms with E-state index in [1.54, 1.807) is 22.9 Å². The molecule has 0 spiro atoms. The molecule has 3 aromatic rings. The molecule has 122 valence electrons. The maximum absolute atomic E-state index is 9.02. The molecule has 5 heteroatoms. The van der Waals surface area contributed by atoms with Crippen molar-refractivity contribution in [3.63, 3.8) is 0 Å². The fourth-order valence-corrected chi connectivity index (χ4v) is 2.51. The molecule has 3 rings (SSSR count). The van der Waals surface area contributed by atoms with Crippen LogP contribution in [-0.4, -0.2) is 9.71 Å². The molecule has 0 fully saturated rings. The summed E-state index contributed by atoms with van der Waals surface area (Å²) in [5, 5.41) is 17.9. The molecule has 2 aromatic carbocycles. The molecule has 0 amide bonds. The molecule has 0 atom stereocenters. The number of aryl methyl sites for hydroxylation is 1. The van der Waals surface area contributed by atoms with Gasteiger partial charge in [-0.1, -0.05) is 24.3 Å². The van der Waals surface area contributed by atoms with Crippen molar-refractivity contribution in [1.29, 1.82) is 10.5 Å². The summed E-state index contributed by atoms with van der Waals surface area (Å²) in [5.74, 6) is 0.779. The minimum atomic E-state index is 0.382. The van der Waals surface area contributed by atoms with Crippen molar-refractivity contribution in [3.05, 3.63) is 88.5 Å². The molecule has 1 aromatic heterocycles. The van der Waals surface area contributed by atoms with E-state index in [4.69, 9.17) is 15.4 Å². The van der Waals surface area contributed by atoms with Crippen LogP contribution in [0.1, 0.15) is 33.8 Å². The first kappa shape index (κ1) is 16.3. The third-order valence-electron chi connectivity index (χ3n) is 3.74. The average molecular weight is 328 g/mol. The Bertz CT molecular complexity index is 959. The topological polar surface area (TPSA) is 74.6 Å². The van der Waals surface area contributed by atoms with Crippen LogP contribution in [0.4, 0.5) is 0 Å². The molecule has 0 radical (unpaired) electrons. The minimum Gasteiger partial charge on any atom is -0.408 e. The van der Waals surface area contributed by atoms with Crippen molar-refractivity contribution in [1.82, 2.24) is 9.71 Å². The Morgan fingerprint density at radius 3 is 2.48 bits per heavy atom. The van der Waals surface area contributed by atoms with Crippen molar-refractivity contribution in [2.24, 2.45) is 0 Å². The van der Waals surface area contributed by atoms with Crippen molar-refractivity contribution in [2.45, 2.75) is 20.0 Å². The first-order valence-electron chi connectivity index (χ1n) is 7.84. The fourth-order valence-electron chi connectivity index (χ4n) is 2.51. The highest BCUT2D eigenvalue weighted by atomic mass is 16.7. The van der Waals surface area contributed by atoms with Gasteiger partial charge in [0, 0.05) is 6.42 Å². The second-order valence-electron chi connectivity index (χ2n) is 5.70. The number of nitriles is 2. The molecule has 0 bridgehead atoms. The minimum absolute atomic E-state index is 0.382. The molecule has 5 nitrogen and oxygen atoms in total. The van der Waals surface area contributed by atoms with E-state index < -0.39 is 0 Å². The Hall–Kier alpha value is -3.57. The van der Waals surface area contributed by atoms with Crippen LogP contribution in [0.5, 0.6) is 0 Å². The Kier molecular flexibility index (Phi) is 4.78. The van der Waals surface area contributed by atoms with Crippen molar-refractivity contribution in [3.8, 4) is 12.1 Å². The van der Waals surface area contributed by atoms with Gasteiger partial charge >= 0.3 is 0 Å². The molecular weight excluding hydrogens is 312 g/mol. The Morgan fingerprint density at radius 2 is 1.76 bits per heavy atom. The summed E-state index contributed by atoms with van der Waals surface area (Å²) in [6.07, 6.45) is 2.42.